The van der Waals surface area contributed by atoms with Gasteiger partial charge in [-0.25, -0.2) is 4.39 Å². The second-order valence-corrected chi connectivity index (χ2v) is 4.94. The van der Waals surface area contributed by atoms with Crippen LogP contribution in [-0.4, -0.2) is 5.11 Å². The summed E-state index contributed by atoms with van der Waals surface area (Å²) in [5, 5.41) is 11.1. The van der Waals surface area contributed by atoms with Gasteiger partial charge < -0.3 is 5.11 Å². The van der Waals surface area contributed by atoms with Gasteiger partial charge in [-0.05, 0) is 28.9 Å². The van der Waals surface area contributed by atoms with Gasteiger partial charge in [0, 0.05) is 6.42 Å². The fourth-order valence-corrected chi connectivity index (χ4v) is 2.60. The zero-order valence-electron chi connectivity index (χ0n) is 11.0. The van der Waals surface area contributed by atoms with Gasteiger partial charge >= 0.3 is 0 Å². The predicted molar refractivity (Wildman–Crippen MR) is 78.6 cm³/mol. The molecule has 1 aliphatic rings. The highest BCUT2D eigenvalue weighted by Crippen LogP contribution is 2.42. The van der Waals surface area contributed by atoms with E-state index in [4.69, 9.17) is 0 Å². The monoisotopic (exact) mass is 266 g/mol. The van der Waals surface area contributed by atoms with Gasteiger partial charge in [0.05, 0.1) is 0 Å². The first-order valence-corrected chi connectivity index (χ1v) is 6.61. The summed E-state index contributed by atoms with van der Waals surface area (Å²) >= 11 is 0. The lowest BCUT2D eigenvalue weighted by Gasteiger charge is -2.33. The third-order valence-corrected chi connectivity index (χ3v) is 3.66. The number of halogens is 1. The third kappa shape index (κ3) is 2.19. The van der Waals surface area contributed by atoms with Crippen molar-refractivity contribution < 1.29 is 9.50 Å². The maximum absolute atomic E-state index is 13.7. The van der Waals surface area contributed by atoms with E-state index in [1.165, 1.54) is 12.2 Å². The summed E-state index contributed by atoms with van der Waals surface area (Å²) in [5.41, 5.74) is 1.03. The van der Waals surface area contributed by atoms with Crippen LogP contribution in [0.4, 0.5) is 4.39 Å². The van der Waals surface area contributed by atoms with E-state index >= 15 is 0 Å². The largest absolute Gasteiger partial charge is 0.380 e. The van der Waals surface area contributed by atoms with Crippen LogP contribution < -0.4 is 0 Å². The Morgan fingerprint density at radius 3 is 2.15 bits per heavy atom. The highest BCUT2D eigenvalue weighted by Gasteiger charge is 2.35. The molecule has 2 aromatic rings. The summed E-state index contributed by atoms with van der Waals surface area (Å²) in [4.78, 5) is 0. The molecule has 0 spiro atoms. The molecule has 0 saturated heterocycles. The minimum atomic E-state index is -1.18. The van der Waals surface area contributed by atoms with Crippen LogP contribution >= 0.6 is 0 Å². The fourth-order valence-electron chi connectivity index (χ4n) is 2.60. The number of allylic oxidation sites excluding steroid dienone is 2. The normalized spacial score (nSPS) is 22.1. The lowest BCUT2D eigenvalue weighted by molar-refractivity contribution is 0.102. The summed E-state index contributed by atoms with van der Waals surface area (Å²) < 4.78 is 13.7. The Morgan fingerprint density at radius 1 is 0.900 bits per heavy atom. The van der Waals surface area contributed by atoms with Crippen molar-refractivity contribution in [1.82, 2.24) is 0 Å². The molecule has 0 bridgehead atoms. The van der Waals surface area contributed by atoms with Crippen molar-refractivity contribution in [3.05, 3.63) is 89.8 Å². The lowest BCUT2D eigenvalue weighted by Crippen LogP contribution is -2.28. The van der Waals surface area contributed by atoms with E-state index in [0.717, 1.165) is 11.1 Å². The SMILES string of the molecule is OC1(c2ccccc2)CC=C(F)C=C1c1ccccc1. The van der Waals surface area contributed by atoms with Crippen LogP contribution in [0.15, 0.2) is 78.6 Å². The highest BCUT2D eigenvalue weighted by atomic mass is 19.1. The molecule has 0 amide bonds. The molecular weight excluding hydrogens is 251 g/mol. The summed E-state index contributed by atoms with van der Waals surface area (Å²) in [6, 6.07) is 18.8. The van der Waals surface area contributed by atoms with Crippen LogP contribution in [0.1, 0.15) is 17.5 Å². The Hall–Kier alpha value is -2.19. The second-order valence-electron chi connectivity index (χ2n) is 4.94. The molecule has 0 radical (unpaired) electrons. The Labute approximate surface area is 117 Å². The van der Waals surface area contributed by atoms with Crippen LogP contribution in [0.25, 0.3) is 5.57 Å². The number of aliphatic hydroxyl groups is 1. The van der Waals surface area contributed by atoms with Crippen LogP contribution in [0.2, 0.25) is 0 Å². The van der Waals surface area contributed by atoms with E-state index in [-0.39, 0.29) is 12.2 Å². The van der Waals surface area contributed by atoms with Gasteiger partial charge in [0.15, 0.2) is 0 Å². The average molecular weight is 266 g/mol. The third-order valence-electron chi connectivity index (χ3n) is 3.66. The highest BCUT2D eigenvalue weighted by molar-refractivity contribution is 5.77. The summed E-state index contributed by atoms with van der Waals surface area (Å²) in [6.07, 6.45) is 3.09. The number of benzene rings is 2. The van der Waals surface area contributed by atoms with E-state index < -0.39 is 5.60 Å². The van der Waals surface area contributed by atoms with Crippen molar-refractivity contribution in [3.63, 3.8) is 0 Å². The first-order valence-electron chi connectivity index (χ1n) is 6.61. The molecule has 0 aliphatic heterocycles. The molecule has 3 rings (SSSR count). The van der Waals surface area contributed by atoms with E-state index in [1.54, 1.807) is 0 Å². The minimum absolute atomic E-state index is 0.240. The Bertz CT molecular complexity index is 658. The van der Waals surface area contributed by atoms with Crippen molar-refractivity contribution in [1.29, 1.82) is 0 Å². The van der Waals surface area contributed by atoms with E-state index in [0.29, 0.717) is 5.57 Å². The van der Waals surface area contributed by atoms with Gasteiger partial charge in [0.1, 0.15) is 11.4 Å². The van der Waals surface area contributed by atoms with Crippen LogP contribution in [0, 0.1) is 0 Å². The van der Waals surface area contributed by atoms with Crippen molar-refractivity contribution >= 4 is 5.57 Å². The minimum Gasteiger partial charge on any atom is -0.380 e. The van der Waals surface area contributed by atoms with E-state index in [2.05, 4.69) is 0 Å². The van der Waals surface area contributed by atoms with Gasteiger partial charge in [-0.3, -0.25) is 0 Å². The Kier molecular flexibility index (Phi) is 3.25. The maximum Gasteiger partial charge on any atom is 0.119 e. The van der Waals surface area contributed by atoms with Gasteiger partial charge in [-0.1, -0.05) is 60.7 Å². The molecule has 1 unspecified atom stereocenters. The molecule has 2 aromatic carbocycles. The topological polar surface area (TPSA) is 20.2 Å². The zero-order chi connectivity index (χ0) is 14.0. The van der Waals surface area contributed by atoms with Crippen molar-refractivity contribution in [2.24, 2.45) is 0 Å². The van der Waals surface area contributed by atoms with Gasteiger partial charge in [-0.2, -0.15) is 0 Å². The molecule has 0 fully saturated rings. The second kappa shape index (κ2) is 5.06. The molecule has 1 atom stereocenters. The fraction of sp³-hybridized carbons (Fsp3) is 0.111. The van der Waals surface area contributed by atoms with Crippen molar-refractivity contribution in [2.45, 2.75) is 12.0 Å². The van der Waals surface area contributed by atoms with Gasteiger partial charge in [0.25, 0.3) is 0 Å². The summed E-state index contributed by atoms with van der Waals surface area (Å²) in [7, 11) is 0. The lowest BCUT2D eigenvalue weighted by atomic mass is 9.77. The predicted octanol–water partition coefficient (Wildman–Crippen LogP) is 4.21. The molecule has 0 saturated carbocycles. The number of hydrogen-bond donors (Lipinski definition) is 1. The molecule has 0 heterocycles. The van der Waals surface area contributed by atoms with Crippen LogP contribution in [0.5, 0.6) is 0 Å². The van der Waals surface area contributed by atoms with E-state index in [1.807, 2.05) is 60.7 Å². The molecule has 0 aromatic heterocycles. The molecular formula is C18H15FO. The number of hydrogen-bond acceptors (Lipinski definition) is 1. The molecule has 100 valence electrons. The molecule has 1 aliphatic carbocycles. The van der Waals surface area contributed by atoms with Crippen LogP contribution in [-0.2, 0) is 5.60 Å². The average Bonchev–Trinajstić information content (AvgIpc) is 2.51. The molecule has 1 N–H and O–H groups in total. The molecule has 1 nitrogen and oxygen atoms in total. The summed E-state index contributed by atoms with van der Waals surface area (Å²) in [5.74, 6) is -0.301. The van der Waals surface area contributed by atoms with Crippen LogP contribution in [0.3, 0.4) is 0 Å². The first-order chi connectivity index (χ1) is 9.70. The summed E-state index contributed by atoms with van der Waals surface area (Å²) in [6.45, 7) is 0. The first kappa shape index (κ1) is 12.8. The molecule has 2 heteroatoms. The quantitative estimate of drug-likeness (QED) is 0.863. The maximum atomic E-state index is 13.7. The smallest absolute Gasteiger partial charge is 0.119 e. The Morgan fingerprint density at radius 2 is 1.50 bits per heavy atom. The Balaban J connectivity index is 2.14. The van der Waals surface area contributed by atoms with Gasteiger partial charge in [-0.15, -0.1) is 0 Å². The zero-order valence-corrected chi connectivity index (χ0v) is 11.0. The van der Waals surface area contributed by atoms with Crippen molar-refractivity contribution in [3.8, 4) is 0 Å². The number of rotatable bonds is 2. The van der Waals surface area contributed by atoms with E-state index in [9.17, 15) is 9.50 Å². The van der Waals surface area contributed by atoms with Gasteiger partial charge in [0.2, 0.25) is 0 Å². The molecule has 20 heavy (non-hydrogen) atoms. The standard InChI is InChI=1S/C18H15FO/c19-16-11-12-18(20,15-9-5-2-6-10-15)17(13-16)14-7-3-1-4-8-14/h1-11,13,20H,12H2. The van der Waals surface area contributed by atoms with Crippen molar-refractivity contribution in [2.75, 3.05) is 0 Å².